The first kappa shape index (κ1) is 14.8. The molecule has 1 fully saturated rings. The molecular weight excluding hydrogens is 322 g/mol. The molecule has 0 aromatic heterocycles. The molecule has 0 radical (unpaired) electrons. The Labute approximate surface area is 126 Å². The number of aryl methyl sites for hydroxylation is 1. The van der Waals surface area contributed by atoms with Crippen LogP contribution in [-0.2, 0) is 11.2 Å². The summed E-state index contributed by atoms with van der Waals surface area (Å²) in [4.78, 5) is 24.6. The predicted molar refractivity (Wildman–Crippen MR) is 80.3 cm³/mol. The lowest BCUT2D eigenvalue weighted by molar-refractivity contribution is -0.121. The van der Waals surface area contributed by atoms with Gasteiger partial charge in [0.1, 0.15) is 0 Å². The van der Waals surface area contributed by atoms with Crippen LogP contribution in [0.25, 0.3) is 0 Å². The largest absolute Gasteiger partial charge is 0.351 e. The van der Waals surface area contributed by atoms with E-state index in [0.29, 0.717) is 19.5 Å². The summed E-state index contributed by atoms with van der Waals surface area (Å²) in [7, 11) is 0. The highest BCUT2D eigenvalue weighted by atomic mass is 79.9. The van der Waals surface area contributed by atoms with E-state index in [2.05, 4.69) is 21.2 Å². The summed E-state index contributed by atoms with van der Waals surface area (Å²) in [6, 6.07) is 5.47. The Morgan fingerprint density at radius 2 is 2.25 bits per heavy atom. The van der Waals surface area contributed by atoms with Gasteiger partial charge in [0.05, 0.1) is 6.42 Å². The monoisotopic (exact) mass is 339 g/mol. The number of amides is 3. The molecule has 1 aromatic carbocycles. The third kappa shape index (κ3) is 3.72. The van der Waals surface area contributed by atoms with Gasteiger partial charge in [0.15, 0.2) is 0 Å². The smallest absolute Gasteiger partial charge is 0.314 e. The molecule has 20 heavy (non-hydrogen) atoms. The Kier molecular flexibility index (Phi) is 4.65. The van der Waals surface area contributed by atoms with Gasteiger partial charge in [0, 0.05) is 23.6 Å². The summed E-state index contributed by atoms with van der Waals surface area (Å²) < 4.78 is 1.00. The van der Waals surface area contributed by atoms with Gasteiger partial charge in [-0.3, -0.25) is 4.79 Å². The van der Waals surface area contributed by atoms with Crippen LogP contribution in [0.5, 0.6) is 0 Å². The van der Waals surface area contributed by atoms with E-state index in [4.69, 9.17) is 5.73 Å². The molecule has 108 valence electrons. The van der Waals surface area contributed by atoms with Crippen molar-refractivity contribution in [2.24, 2.45) is 5.73 Å². The van der Waals surface area contributed by atoms with Crippen LogP contribution in [-0.4, -0.2) is 36.0 Å². The zero-order valence-corrected chi connectivity index (χ0v) is 12.9. The molecule has 5 nitrogen and oxygen atoms in total. The molecular formula is C14H18BrN3O2. The number of primary amides is 1. The summed E-state index contributed by atoms with van der Waals surface area (Å²) in [6.07, 6.45) is 1.10. The summed E-state index contributed by atoms with van der Waals surface area (Å²) >= 11 is 3.46. The zero-order chi connectivity index (χ0) is 14.7. The van der Waals surface area contributed by atoms with E-state index in [-0.39, 0.29) is 11.9 Å². The Morgan fingerprint density at radius 1 is 1.50 bits per heavy atom. The molecule has 0 aliphatic carbocycles. The van der Waals surface area contributed by atoms with E-state index in [1.54, 1.807) is 4.90 Å². The number of nitrogens with two attached hydrogens (primary N) is 1. The molecule has 1 aliphatic heterocycles. The lowest BCUT2D eigenvalue weighted by Gasteiger charge is -2.14. The minimum Gasteiger partial charge on any atom is -0.351 e. The fourth-order valence-corrected chi connectivity index (χ4v) is 2.71. The maximum Gasteiger partial charge on any atom is 0.314 e. The van der Waals surface area contributed by atoms with Crippen LogP contribution in [0.1, 0.15) is 17.5 Å². The number of likely N-dealkylation sites (tertiary alicyclic amines) is 1. The number of halogens is 1. The van der Waals surface area contributed by atoms with Gasteiger partial charge in [0.2, 0.25) is 5.91 Å². The summed E-state index contributed by atoms with van der Waals surface area (Å²) in [5.74, 6) is -0.0305. The quantitative estimate of drug-likeness (QED) is 0.876. The van der Waals surface area contributed by atoms with Crippen LogP contribution in [0.3, 0.4) is 0 Å². The number of benzene rings is 1. The van der Waals surface area contributed by atoms with Crippen molar-refractivity contribution < 1.29 is 9.59 Å². The second-order valence-corrected chi connectivity index (χ2v) is 5.95. The van der Waals surface area contributed by atoms with E-state index >= 15 is 0 Å². The average Bonchev–Trinajstić information content (AvgIpc) is 2.82. The molecule has 1 saturated heterocycles. The summed E-state index contributed by atoms with van der Waals surface area (Å²) in [6.45, 7) is 3.11. The van der Waals surface area contributed by atoms with Crippen LogP contribution in [0, 0.1) is 6.92 Å². The van der Waals surface area contributed by atoms with Gasteiger partial charge in [-0.05, 0) is 30.5 Å². The Hall–Kier alpha value is -1.56. The molecule has 0 bridgehead atoms. The number of hydrogen-bond acceptors (Lipinski definition) is 2. The normalized spacial score (nSPS) is 18.1. The van der Waals surface area contributed by atoms with Crippen molar-refractivity contribution in [2.45, 2.75) is 25.8 Å². The molecule has 0 spiro atoms. The van der Waals surface area contributed by atoms with Crippen molar-refractivity contribution in [1.82, 2.24) is 10.2 Å². The van der Waals surface area contributed by atoms with E-state index in [0.717, 1.165) is 22.0 Å². The number of nitrogens with one attached hydrogen (secondary N) is 1. The lowest BCUT2D eigenvalue weighted by Crippen LogP contribution is -2.40. The van der Waals surface area contributed by atoms with Gasteiger partial charge in [-0.1, -0.05) is 28.1 Å². The van der Waals surface area contributed by atoms with Gasteiger partial charge >= 0.3 is 6.03 Å². The van der Waals surface area contributed by atoms with E-state index < -0.39 is 6.03 Å². The van der Waals surface area contributed by atoms with Gasteiger partial charge in [-0.2, -0.15) is 0 Å². The fourth-order valence-electron chi connectivity index (χ4n) is 2.29. The van der Waals surface area contributed by atoms with E-state index in [9.17, 15) is 9.59 Å². The highest BCUT2D eigenvalue weighted by molar-refractivity contribution is 9.10. The van der Waals surface area contributed by atoms with Crippen LogP contribution in [0.15, 0.2) is 22.7 Å². The van der Waals surface area contributed by atoms with Gasteiger partial charge in [0.25, 0.3) is 0 Å². The predicted octanol–water partition coefficient (Wildman–Crippen LogP) is 1.57. The van der Waals surface area contributed by atoms with Crippen molar-refractivity contribution in [3.05, 3.63) is 33.8 Å². The van der Waals surface area contributed by atoms with Gasteiger partial charge < -0.3 is 16.0 Å². The van der Waals surface area contributed by atoms with E-state index in [1.807, 2.05) is 25.1 Å². The number of hydrogen-bond donors (Lipinski definition) is 2. The summed E-state index contributed by atoms with van der Waals surface area (Å²) in [5, 5.41) is 2.94. The molecule has 1 heterocycles. The Balaban J connectivity index is 1.87. The third-order valence-corrected chi connectivity index (χ3v) is 4.32. The number of rotatable bonds is 3. The van der Waals surface area contributed by atoms with Crippen LogP contribution in [0.4, 0.5) is 4.79 Å². The number of carbonyl (C=O) groups is 2. The second-order valence-electron chi connectivity index (χ2n) is 5.10. The van der Waals surface area contributed by atoms with Crippen LogP contribution in [0.2, 0.25) is 0 Å². The fraction of sp³-hybridized carbons (Fsp3) is 0.429. The minimum absolute atomic E-state index is 0.00360. The molecule has 3 amide bonds. The van der Waals surface area contributed by atoms with E-state index in [1.165, 1.54) is 0 Å². The molecule has 6 heteroatoms. The minimum atomic E-state index is -0.427. The first-order valence-electron chi connectivity index (χ1n) is 6.54. The summed E-state index contributed by atoms with van der Waals surface area (Å²) in [5.41, 5.74) is 7.32. The molecule has 1 aromatic rings. The van der Waals surface area contributed by atoms with Crippen LogP contribution >= 0.6 is 15.9 Å². The van der Waals surface area contributed by atoms with Gasteiger partial charge in [-0.15, -0.1) is 0 Å². The van der Waals surface area contributed by atoms with Gasteiger partial charge in [-0.25, -0.2) is 4.79 Å². The molecule has 3 N–H and O–H groups in total. The van der Waals surface area contributed by atoms with Crippen molar-refractivity contribution in [3.63, 3.8) is 0 Å². The molecule has 1 unspecified atom stereocenters. The second kappa shape index (κ2) is 6.26. The molecule has 0 saturated carbocycles. The van der Waals surface area contributed by atoms with Crippen molar-refractivity contribution >= 4 is 27.9 Å². The zero-order valence-electron chi connectivity index (χ0n) is 11.4. The van der Waals surface area contributed by atoms with Crippen LogP contribution < -0.4 is 11.1 Å². The highest BCUT2D eigenvalue weighted by Crippen LogP contribution is 2.18. The first-order valence-corrected chi connectivity index (χ1v) is 7.34. The Morgan fingerprint density at radius 3 is 2.85 bits per heavy atom. The highest BCUT2D eigenvalue weighted by Gasteiger charge is 2.25. The maximum absolute atomic E-state index is 12.0. The maximum atomic E-state index is 12.0. The number of carbonyl (C=O) groups excluding carboxylic acids is 2. The molecule has 1 aliphatic rings. The van der Waals surface area contributed by atoms with Crippen molar-refractivity contribution in [2.75, 3.05) is 13.1 Å². The molecule has 2 rings (SSSR count). The Bertz CT molecular complexity index is 533. The SMILES string of the molecule is Cc1ccc(CC(=O)NC2CCN(C(N)=O)C2)cc1Br. The lowest BCUT2D eigenvalue weighted by atomic mass is 10.1. The standard InChI is InChI=1S/C14H18BrN3O2/c1-9-2-3-10(6-12(9)15)7-13(19)17-11-4-5-18(8-11)14(16)20/h2-3,6,11H,4-5,7-8H2,1H3,(H2,16,20)(H,17,19). The number of urea groups is 1. The number of nitrogens with zero attached hydrogens (tertiary/aromatic N) is 1. The topological polar surface area (TPSA) is 75.4 Å². The molecule has 1 atom stereocenters. The average molecular weight is 340 g/mol. The first-order chi connectivity index (χ1) is 9.45. The third-order valence-electron chi connectivity index (χ3n) is 3.47. The van der Waals surface area contributed by atoms with Crippen molar-refractivity contribution in [3.8, 4) is 0 Å². The van der Waals surface area contributed by atoms with Crippen molar-refractivity contribution in [1.29, 1.82) is 0 Å².